The number of pyridine rings is 1. The summed E-state index contributed by atoms with van der Waals surface area (Å²) in [6.45, 7) is 0. The smallest absolute Gasteiger partial charge is 0.275 e. The van der Waals surface area contributed by atoms with Gasteiger partial charge in [0.25, 0.3) is 5.91 Å². The van der Waals surface area contributed by atoms with Gasteiger partial charge in [-0.25, -0.2) is 15.8 Å². The first-order chi connectivity index (χ1) is 10.3. The number of benzene rings is 1. The predicted octanol–water partition coefficient (Wildman–Crippen LogP) is 1.56. The lowest BCUT2D eigenvalue weighted by Crippen LogP contribution is -2.17. The third-order valence-electron chi connectivity index (χ3n) is 2.91. The molecule has 0 fully saturated rings. The highest BCUT2D eigenvalue weighted by Crippen LogP contribution is 2.22. The van der Waals surface area contributed by atoms with E-state index < -0.39 is 0 Å². The van der Waals surface area contributed by atoms with Gasteiger partial charge in [0.05, 0.1) is 6.20 Å². The average molecular weight is 280 g/mol. The van der Waals surface area contributed by atoms with Crippen molar-refractivity contribution in [3.8, 4) is 0 Å². The molecule has 0 saturated heterocycles. The lowest BCUT2D eigenvalue weighted by atomic mass is 10.1. The van der Waals surface area contributed by atoms with Crippen LogP contribution in [0, 0.1) is 0 Å². The van der Waals surface area contributed by atoms with Gasteiger partial charge in [-0.1, -0.05) is 24.3 Å². The highest BCUT2D eigenvalue weighted by Gasteiger charge is 2.12. The number of hydrazine groups is 1. The molecular weight excluding hydrogens is 268 g/mol. The quantitative estimate of drug-likeness (QED) is 0.496. The largest absolute Gasteiger partial charge is 0.308 e. The van der Waals surface area contributed by atoms with E-state index in [-0.39, 0.29) is 11.6 Å². The molecule has 2 aromatic heterocycles. The number of aromatic nitrogens is 3. The highest BCUT2D eigenvalue weighted by molar-refractivity contribution is 6.06. The maximum atomic E-state index is 12.2. The molecule has 0 aliphatic rings. The Balaban J connectivity index is 1.98. The molecule has 1 amide bonds. The van der Waals surface area contributed by atoms with Crippen LogP contribution in [0.2, 0.25) is 0 Å². The van der Waals surface area contributed by atoms with E-state index in [2.05, 4.69) is 25.7 Å². The van der Waals surface area contributed by atoms with Crippen LogP contribution in [0.15, 0.2) is 48.9 Å². The summed E-state index contributed by atoms with van der Waals surface area (Å²) in [6.07, 6.45) is 4.48. The van der Waals surface area contributed by atoms with Crippen LogP contribution in [0.5, 0.6) is 0 Å². The number of rotatable bonds is 3. The Morgan fingerprint density at radius 1 is 1.19 bits per heavy atom. The zero-order valence-electron chi connectivity index (χ0n) is 10.9. The fourth-order valence-electron chi connectivity index (χ4n) is 1.97. The van der Waals surface area contributed by atoms with E-state index in [9.17, 15) is 4.79 Å². The van der Waals surface area contributed by atoms with Crippen LogP contribution in [0.4, 0.5) is 11.6 Å². The van der Waals surface area contributed by atoms with E-state index in [4.69, 9.17) is 5.84 Å². The second-order valence-electron chi connectivity index (χ2n) is 4.27. The van der Waals surface area contributed by atoms with Crippen molar-refractivity contribution in [1.82, 2.24) is 15.0 Å². The van der Waals surface area contributed by atoms with E-state index in [1.165, 1.54) is 18.6 Å². The molecule has 7 heteroatoms. The second-order valence-corrected chi connectivity index (χ2v) is 4.27. The summed E-state index contributed by atoms with van der Waals surface area (Å²) in [5.41, 5.74) is 2.75. The molecule has 0 unspecified atom stereocenters. The number of anilines is 2. The third-order valence-corrected chi connectivity index (χ3v) is 2.91. The van der Waals surface area contributed by atoms with Gasteiger partial charge in [0.15, 0.2) is 5.82 Å². The Hall–Kier alpha value is -3.06. The first-order valence-corrected chi connectivity index (χ1v) is 6.21. The van der Waals surface area contributed by atoms with Crippen LogP contribution in [0.25, 0.3) is 10.8 Å². The summed E-state index contributed by atoms with van der Waals surface area (Å²) in [5.74, 6) is 5.90. The molecule has 0 radical (unpaired) electrons. The highest BCUT2D eigenvalue weighted by atomic mass is 16.1. The molecular formula is C14H12N6O. The van der Waals surface area contributed by atoms with E-state index in [1.54, 1.807) is 6.07 Å². The lowest BCUT2D eigenvalue weighted by molar-refractivity contribution is 0.102. The summed E-state index contributed by atoms with van der Waals surface area (Å²) >= 11 is 0. The standard InChI is InChI=1S/C14H12N6O/c15-20-13-10-4-2-1-3-9(10)7-11(18-13)14(21)19-12-8-16-5-6-17-12/h1-8H,15H2,(H,18,20)(H,17,19,21). The van der Waals surface area contributed by atoms with E-state index in [0.29, 0.717) is 11.6 Å². The van der Waals surface area contributed by atoms with Crippen molar-refractivity contribution in [2.75, 3.05) is 10.7 Å². The van der Waals surface area contributed by atoms with E-state index in [0.717, 1.165) is 10.8 Å². The zero-order chi connectivity index (χ0) is 14.7. The molecule has 21 heavy (non-hydrogen) atoms. The summed E-state index contributed by atoms with van der Waals surface area (Å²) in [6, 6.07) is 9.22. The molecule has 104 valence electrons. The Labute approximate surface area is 120 Å². The van der Waals surface area contributed by atoms with Gasteiger partial charge in [-0.3, -0.25) is 9.78 Å². The Morgan fingerprint density at radius 3 is 2.81 bits per heavy atom. The van der Waals surface area contributed by atoms with Gasteiger partial charge in [0, 0.05) is 17.8 Å². The van der Waals surface area contributed by atoms with Gasteiger partial charge in [0.2, 0.25) is 0 Å². The normalized spacial score (nSPS) is 10.3. The van der Waals surface area contributed by atoms with Crippen molar-refractivity contribution in [3.05, 3.63) is 54.6 Å². The summed E-state index contributed by atoms with van der Waals surface area (Å²) in [5, 5.41) is 4.34. The van der Waals surface area contributed by atoms with Gasteiger partial charge >= 0.3 is 0 Å². The van der Waals surface area contributed by atoms with Crippen molar-refractivity contribution in [2.45, 2.75) is 0 Å². The number of fused-ring (bicyclic) bond motifs is 1. The number of carbonyl (C=O) groups is 1. The van der Waals surface area contributed by atoms with Crippen LogP contribution in [-0.4, -0.2) is 20.9 Å². The van der Waals surface area contributed by atoms with E-state index >= 15 is 0 Å². The van der Waals surface area contributed by atoms with Crippen molar-refractivity contribution < 1.29 is 4.79 Å². The molecule has 0 atom stereocenters. The molecule has 0 aliphatic carbocycles. The average Bonchev–Trinajstić information content (AvgIpc) is 2.54. The molecule has 0 bridgehead atoms. The molecule has 1 aromatic carbocycles. The Bertz CT molecular complexity index is 790. The lowest BCUT2D eigenvalue weighted by Gasteiger charge is -2.08. The minimum Gasteiger partial charge on any atom is -0.308 e. The molecule has 3 aromatic rings. The van der Waals surface area contributed by atoms with Gasteiger partial charge in [-0.15, -0.1) is 0 Å². The minimum absolute atomic E-state index is 0.243. The van der Waals surface area contributed by atoms with Gasteiger partial charge in [-0.05, 0) is 11.5 Å². The number of nitrogens with zero attached hydrogens (tertiary/aromatic N) is 3. The second kappa shape index (κ2) is 5.51. The predicted molar refractivity (Wildman–Crippen MR) is 79.5 cm³/mol. The van der Waals surface area contributed by atoms with Crippen LogP contribution in [-0.2, 0) is 0 Å². The van der Waals surface area contributed by atoms with Gasteiger partial charge < -0.3 is 10.7 Å². The van der Waals surface area contributed by atoms with Crippen molar-refractivity contribution >= 4 is 28.3 Å². The third kappa shape index (κ3) is 2.63. The van der Waals surface area contributed by atoms with Gasteiger partial charge in [-0.2, -0.15) is 0 Å². The molecule has 3 rings (SSSR count). The zero-order valence-corrected chi connectivity index (χ0v) is 10.9. The van der Waals surface area contributed by atoms with Crippen molar-refractivity contribution in [2.24, 2.45) is 5.84 Å². The van der Waals surface area contributed by atoms with Crippen molar-refractivity contribution in [3.63, 3.8) is 0 Å². The van der Waals surface area contributed by atoms with Crippen LogP contribution >= 0.6 is 0 Å². The molecule has 4 N–H and O–H groups in total. The fraction of sp³-hybridized carbons (Fsp3) is 0. The van der Waals surface area contributed by atoms with Crippen molar-refractivity contribution in [1.29, 1.82) is 0 Å². The first-order valence-electron chi connectivity index (χ1n) is 6.21. The van der Waals surface area contributed by atoms with E-state index in [1.807, 2.05) is 24.3 Å². The summed E-state index contributed by atoms with van der Waals surface area (Å²) in [7, 11) is 0. The SMILES string of the molecule is NNc1nc(C(=O)Nc2cnccn2)cc2ccccc12. The molecule has 0 aliphatic heterocycles. The maximum absolute atomic E-state index is 12.2. The van der Waals surface area contributed by atoms with Crippen LogP contribution in [0.1, 0.15) is 10.5 Å². The number of carbonyl (C=O) groups excluding carboxylic acids is 1. The topological polar surface area (TPSA) is 106 Å². The number of nitrogens with one attached hydrogen (secondary N) is 2. The van der Waals surface area contributed by atoms with Gasteiger partial charge in [0.1, 0.15) is 11.5 Å². The molecule has 0 spiro atoms. The molecule has 0 saturated carbocycles. The maximum Gasteiger partial charge on any atom is 0.275 e. The minimum atomic E-state index is -0.377. The Kier molecular flexibility index (Phi) is 3.40. The number of hydrogen-bond acceptors (Lipinski definition) is 6. The fourth-order valence-corrected chi connectivity index (χ4v) is 1.97. The first kappa shape index (κ1) is 12.9. The van der Waals surface area contributed by atoms with Crippen LogP contribution in [0.3, 0.4) is 0 Å². The number of hydrogen-bond donors (Lipinski definition) is 3. The van der Waals surface area contributed by atoms with Crippen LogP contribution < -0.4 is 16.6 Å². The summed E-state index contributed by atoms with van der Waals surface area (Å²) < 4.78 is 0. The number of nitrogens with two attached hydrogens (primary N) is 1. The summed E-state index contributed by atoms with van der Waals surface area (Å²) in [4.78, 5) is 24.3. The molecule has 2 heterocycles. The number of amides is 1. The number of nitrogen functional groups attached to an aromatic ring is 1. The monoisotopic (exact) mass is 280 g/mol. The molecule has 7 nitrogen and oxygen atoms in total. The Morgan fingerprint density at radius 2 is 2.05 bits per heavy atom.